The maximum Gasteiger partial charge on any atom is 0.331 e. The third-order valence-electron chi connectivity index (χ3n) is 3.01. The molecule has 21 heavy (non-hydrogen) atoms. The van der Waals surface area contributed by atoms with E-state index in [1.807, 2.05) is 0 Å². The largest absolute Gasteiger partial charge is 0.478 e. The van der Waals surface area contributed by atoms with Gasteiger partial charge in [0.2, 0.25) is 0 Å². The van der Waals surface area contributed by atoms with E-state index in [0.29, 0.717) is 0 Å². The molecule has 0 saturated carbocycles. The summed E-state index contributed by atoms with van der Waals surface area (Å²) in [6.07, 6.45) is -4.53. The molecule has 0 radical (unpaired) electrons. The molecule has 0 aromatic heterocycles. The Balaban J connectivity index is 2.82. The molecule has 3 N–H and O–H groups in total. The van der Waals surface area contributed by atoms with Gasteiger partial charge in [0.1, 0.15) is 12.2 Å². The smallest absolute Gasteiger partial charge is 0.331 e. The van der Waals surface area contributed by atoms with Crippen molar-refractivity contribution in [3.05, 3.63) is 22.6 Å². The second-order valence-electron chi connectivity index (χ2n) is 5.23. The Morgan fingerprint density at radius 2 is 1.90 bits per heavy atom. The van der Waals surface area contributed by atoms with Crippen LogP contribution in [0.4, 0.5) is 0 Å². The minimum absolute atomic E-state index is 0.181. The summed E-state index contributed by atoms with van der Waals surface area (Å²) in [5, 5.41) is 32.1. The third kappa shape index (κ3) is 4.69. The highest BCUT2D eigenvalue weighted by Crippen LogP contribution is 2.33. The zero-order chi connectivity index (χ0) is 16.2. The van der Waals surface area contributed by atoms with Crippen LogP contribution in [0.3, 0.4) is 0 Å². The molecule has 1 fully saturated rings. The van der Waals surface area contributed by atoms with Gasteiger partial charge in [0, 0.05) is 16.9 Å². The molecule has 118 valence electrons. The van der Waals surface area contributed by atoms with Gasteiger partial charge in [0.15, 0.2) is 5.79 Å². The highest BCUT2D eigenvalue weighted by Gasteiger charge is 2.47. The van der Waals surface area contributed by atoms with Crippen molar-refractivity contribution in [3.63, 3.8) is 0 Å². The van der Waals surface area contributed by atoms with Gasteiger partial charge in [-0.15, -0.1) is 0 Å². The summed E-state index contributed by atoms with van der Waals surface area (Å²) in [7, 11) is 0. The van der Waals surface area contributed by atoms with Gasteiger partial charge in [0.25, 0.3) is 0 Å². The number of hydrogen-bond donors (Lipinski definition) is 3. The molecule has 0 aliphatic carbocycles. The van der Waals surface area contributed by atoms with Gasteiger partial charge in [-0.25, -0.2) is 4.79 Å². The first-order valence-electron chi connectivity index (χ1n) is 6.31. The SMILES string of the molecule is C=C(C[C@H](O)[C@H]1OC(C)(C)O[C@@H]1[C@H](O)CN=[N+]=[N-])C(=O)O. The van der Waals surface area contributed by atoms with Crippen LogP contribution in [0, 0.1) is 0 Å². The number of rotatable bonds is 7. The zero-order valence-corrected chi connectivity index (χ0v) is 11.8. The van der Waals surface area contributed by atoms with Crippen molar-refractivity contribution < 1.29 is 29.6 Å². The monoisotopic (exact) mass is 301 g/mol. The number of aliphatic carboxylic acids is 1. The Labute approximate surface area is 121 Å². The van der Waals surface area contributed by atoms with E-state index < -0.39 is 36.2 Å². The van der Waals surface area contributed by atoms with Gasteiger partial charge < -0.3 is 24.8 Å². The Morgan fingerprint density at radius 1 is 1.38 bits per heavy atom. The molecule has 0 aromatic carbocycles. The molecular weight excluding hydrogens is 282 g/mol. The lowest BCUT2D eigenvalue weighted by Gasteiger charge is -2.24. The molecule has 4 atom stereocenters. The molecule has 1 saturated heterocycles. The van der Waals surface area contributed by atoms with Crippen LogP contribution < -0.4 is 0 Å². The van der Waals surface area contributed by atoms with Crippen molar-refractivity contribution in [2.24, 2.45) is 5.11 Å². The molecule has 1 heterocycles. The van der Waals surface area contributed by atoms with Gasteiger partial charge in [-0.2, -0.15) is 0 Å². The first-order chi connectivity index (χ1) is 9.68. The van der Waals surface area contributed by atoms with Crippen LogP contribution in [0.15, 0.2) is 17.3 Å². The molecule has 1 rings (SSSR count). The molecule has 0 spiro atoms. The van der Waals surface area contributed by atoms with Crippen molar-refractivity contribution in [1.82, 2.24) is 0 Å². The molecule has 9 heteroatoms. The van der Waals surface area contributed by atoms with Crippen molar-refractivity contribution in [2.75, 3.05) is 6.54 Å². The summed E-state index contributed by atoms with van der Waals surface area (Å²) in [6.45, 7) is 6.28. The van der Waals surface area contributed by atoms with Gasteiger partial charge in [-0.1, -0.05) is 11.7 Å². The second-order valence-corrected chi connectivity index (χ2v) is 5.23. The Hall–Kier alpha value is -1.64. The van der Waals surface area contributed by atoms with Crippen molar-refractivity contribution in [1.29, 1.82) is 0 Å². The van der Waals surface area contributed by atoms with Gasteiger partial charge in [0.05, 0.1) is 18.8 Å². The van der Waals surface area contributed by atoms with E-state index in [1.54, 1.807) is 13.8 Å². The molecule has 1 aliphatic heterocycles. The summed E-state index contributed by atoms with van der Waals surface area (Å²) in [6, 6.07) is 0. The number of aliphatic hydroxyl groups excluding tert-OH is 2. The average Bonchev–Trinajstić information content (AvgIpc) is 2.72. The number of carboxylic acids is 1. The van der Waals surface area contributed by atoms with Crippen molar-refractivity contribution >= 4 is 5.97 Å². The van der Waals surface area contributed by atoms with Gasteiger partial charge in [-0.05, 0) is 19.4 Å². The zero-order valence-electron chi connectivity index (χ0n) is 11.8. The van der Waals surface area contributed by atoms with Crippen LogP contribution in [0.1, 0.15) is 20.3 Å². The highest BCUT2D eigenvalue weighted by molar-refractivity contribution is 5.85. The van der Waals surface area contributed by atoms with Crippen molar-refractivity contribution in [3.8, 4) is 0 Å². The van der Waals surface area contributed by atoms with Crippen LogP contribution in [0.2, 0.25) is 0 Å². The van der Waals surface area contributed by atoms with E-state index in [2.05, 4.69) is 16.6 Å². The number of carbonyl (C=O) groups is 1. The summed E-state index contributed by atoms with van der Waals surface area (Å²) < 4.78 is 11.0. The number of hydrogen-bond acceptors (Lipinski definition) is 6. The summed E-state index contributed by atoms with van der Waals surface area (Å²) in [5.41, 5.74) is 8.08. The number of nitrogens with zero attached hydrogens (tertiary/aromatic N) is 3. The number of carboxylic acid groups (broad SMARTS) is 1. The molecule has 9 nitrogen and oxygen atoms in total. The van der Waals surface area contributed by atoms with Crippen LogP contribution in [-0.2, 0) is 14.3 Å². The molecular formula is C12H19N3O6. The average molecular weight is 301 g/mol. The normalized spacial score (nSPS) is 26.7. The lowest BCUT2D eigenvalue weighted by Crippen LogP contribution is -2.43. The van der Waals surface area contributed by atoms with Crippen LogP contribution in [0.5, 0.6) is 0 Å². The minimum Gasteiger partial charge on any atom is -0.478 e. The van der Waals surface area contributed by atoms with Crippen LogP contribution >= 0.6 is 0 Å². The lowest BCUT2D eigenvalue weighted by atomic mass is 9.98. The second kappa shape index (κ2) is 6.88. The van der Waals surface area contributed by atoms with E-state index >= 15 is 0 Å². The number of aliphatic hydroxyl groups is 2. The topological polar surface area (TPSA) is 145 Å². The van der Waals surface area contributed by atoms with Crippen LogP contribution in [-0.4, -0.2) is 58.0 Å². The van der Waals surface area contributed by atoms with Gasteiger partial charge in [-0.3, -0.25) is 0 Å². The molecule has 0 amide bonds. The molecule has 0 bridgehead atoms. The molecule has 0 unspecified atom stereocenters. The number of ether oxygens (including phenoxy) is 2. The molecule has 0 aromatic rings. The van der Waals surface area contributed by atoms with E-state index in [9.17, 15) is 15.0 Å². The summed E-state index contributed by atoms with van der Waals surface area (Å²) in [5.74, 6) is -2.28. The number of azide groups is 1. The quantitative estimate of drug-likeness (QED) is 0.271. The maximum atomic E-state index is 10.7. The van der Waals surface area contributed by atoms with Gasteiger partial charge >= 0.3 is 5.97 Å². The first-order valence-corrected chi connectivity index (χ1v) is 6.31. The predicted octanol–water partition coefficient (Wildman–Crippen LogP) is 0.569. The Morgan fingerprint density at radius 3 is 2.38 bits per heavy atom. The van der Waals surface area contributed by atoms with Crippen LogP contribution in [0.25, 0.3) is 10.4 Å². The Kier molecular flexibility index (Phi) is 5.70. The van der Waals surface area contributed by atoms with E-state index in [4.69, 9.17) is 20.1 Å². The van der Waals surface area contributed by atoms with Crippen molar-refractivity contribution in [2.45, 2.75) is 50.5 Å². The first kappa shape index (κ1) is 17.4. The third-order valence-corrected chi connectivity index (χ3v) is 3.01. The minimum atomic E-state index is -1.22. The molecule has 1 aliphatic rings. The highest BCUT2D eigenvalue weighted by atomic mass is 16.8. The summed E-state index contributed by atoms with van der Waals surface area (Å²) in [4.78, 5) is 13.3. The fourth-order valence-electron chi connectivity index (χ4n) is 2.09. The Bertz CT molecular complexity index is 460. The summed E-state index contributed by atoms with van der Waals surface area (Å²) >= 11 is 0. The van der Waals surface area contributed by atoms with E-state index in [1.165, 1.54) is 0 Å². The predicted molar refractivity (Wildman–Crippen MR) is 71.2 cm³/mol. The fourth-order valence-corrected chi connectivity index (χ4v) is 2.09. The lowest BCUT2D eigenvalue weighted by molar-refractivity contribution is -0.160. The maximum absolute atomic E-state index is 10.7. The van der Waals surface area contributed by atoms with E-state index in [-0.39, 0.29) is 18.5 Å². The van der Waals surface area contributed by atoms with E-state index in [0.717, 1.165) is 0 Å². The fraction of sp³-hybridized carbons (Fsp3) is 0.750. The standard InChI is InChI=1S/C12H19N3O6/c1-6(11(18)19)4-7(16)9-10(8(17)5-14-15-13)21-12(2,3)20-9/h7-10,16-17H,1,4-5H2,2-3H3,(H,18,19)/t7-,8+,9+,10+/m0/s1.